The van der Waals surface area contributed by atoms with Crippen LogP contribution in [0, 0.1) is 0 Å². The minimum absolute atomic E-state index is 0.0971. The molecule has 4 N–H and O–H groups in total. The zero-order chi connectivity index (χ0) is 22.7. The van der Waals surface area contributed by atoms with Crippen LogP contribution in [0.25, 0.3) is 0 Å². The Morgan fingerprint density at radius 3 is 2.91 bits per heavy atom. The largest absolute Gasteiger partial charge is 0.350 e. The fraction of sp³-hybridized carbons (Fsp3) is 0.381. The average Bonchev–Trinajstić information content (AvgIpc) is 3.20. The summed E-state index contributed by atoms with van der Waals surface area (Å²) in [5, 5.41) is 14.5. The molecule has 0 aliphatic carbocycles. The Labute approximate surface area is 188 Å². The molecular weight excluding hydrogens is 432 g/mol. The van der Waals surface area contributed by atoms with Crippen molar-refractivity contribution in [1.82, 2.24) is 31.0 Å². The van der Waals surface area contributed by atoms with Crippen molar-refractivity contribution in [3.8, 4) is 0 Å². The molecule has 1 aromatic carbocycles. The van der Waals surface area contributed by atoms with E-state index in [0.29, 0.717) is 12.2 Å². The highest BCUT2D eigenvalue weighted by molar-refractivity contribution is 7.98. The van der Waals surface area contributed by atoms with Gasteiger partial charge in [-0.05, 0) is 23.3 Å². The van der Waals surface area contributed by atoms with Gasteiger partial charge in [0, 0.05) is 37.1 Å². The molecule has 2 aromatic rings. The van der Waals surface area contributed by atoms with Crippen LogP contribution < -0.4 is 16.0 Å². The van der Waals surface area contributed by atoms with E-state index in [1.807, 2.05) is 36.0 Å². The third-order valence-corrected chi connectivity index (χ3v) is 6.37. The number of urea groups is 1. The smallest absolute Gasteiger partial charge is 0.322 e. The molecule has 0 spiro atoms. The zero-order valence-electron chi connectivity index (χ0n) is 17.6. The molecule has 10 nitrogen and oxygen atoms in total. The summed E-state index contributed by atoms with van der Waals surface area (Å²) in [4.78, 5) is 49.7. The van der Waals surface area contributed by atoms with Gasteiger partial charge in [-0.15, -0.1) is 0 Å². The number of fused-ring (bicyclic) bond motifs is 1. The number of nitrogens with one attached hydrogen (secondary N) is 4. The molecule has 168 valence electrons. The number of imide groups is 1. The lowest BCUT2D eigenvalue weighted by molar-refractivity contribution is -0.128. The van der Waals surface area contributed by atoms with Crippen molar-refractivity contribution in [3.05, 3.63) is 52.3 Å². The third kappa shape index (κ3) is 4.93. The number of rotatable bonds is 6. The van der Waals surface area contributed by atoms with E-state index in [1.54, 1.807) is 11.9 Å². The molecule has 0 saturated carbocycles. The summed E-state index contributed by atoms with van der Waals surface area (Å²) in [6.45, 7) is 0.638. The monoisotopic (exact) mass is 456 g/mol. The first-order valence-electron chi connectivity index (χ1n) is 10.3. The lowest BCUT2D eigenvalue weighted by Crippen LogP contribution is -2.57. The first kappa shape index (κ1) is 21.9. The standard InChI is InChI=1S/C21H24N6O4S/c1-27(20(30)18-14-5-6-32-11-16(14)25-26-18)10-13-4-2-3-12(7-13)9-22-19(29)15-8-17(28)24-21(31)23-15/h2-4,7,15H,5-6,8-11H2,1H3,(H,22,29)(H,25,26)(H2,23,24,28,31)/t15-/m0/s1. The van der Waals surface area contributed by atoms with Gasteiger partial charge in [-0.1, -0.05) is 24.3 Å². The highest BCUT2D eigenvalue weighted by Crippen LogP contribution is 2.26. The fourth-order valence-corrected chi connectivity index (χ4v) is 4.69. The van der Waals surface area contributed by atoms with E-state index in [9.17, 15) is 19.2 Å². The van der Waals surface area contributed by atoms with Crippen molar-refractivity contribution >= 4 is 35.5 Å². The van der Waals surface area contributed by atoms with Gasteiger partial charge in [-0.2, -0.15) is 16.9 Å². The summed E-state index contributed by atoms with van der Waals surface area (Å²) in [5.74, 6) is 0.800. The molecule has 1 aromatic heterocycles. The number of hydrogen-bond donors (Lipinski definition) is 4. The second-order valence-corrected chi connectivity index (χ2v) is 8.91. The van der Waals surface area contributed by atoms with Crippen LogP contribution in [0.5, 0.6) is 0 Å². The van der Waals surface area contributed by atoms with E-state index in [4.69, 9.17) is 0 Å². The fourth-order valence-electron chi connectivity index (χ4n) is 3.76. The van der Waals surface area contributed by atoms with Crippen molar-refractivity contribution in [3.63, 3.8) is 0 Å². The van der Waals surface area contributed by atoms with Gasteiger partial charge in [0.15, 0.2) is 5.69 Å². The minimum atomic E-state index is -0.888. The van der Waals surface area contributed by atoms with Crippen LogP contribution in [0.3, 0.4) is 0 Å². The Hall–Kier alpha value is -3.34. The van der Waals surface area contributed by atoms with Gasteiger partial charge in [-0.25, -0.2) is 4.79 Å². The summed E-state index contributed by atoms with van der Waals surface area (Å²) < 4.78 is 0. The van der Waals surface area contributed by atoms with Crippen LogP contribution in [0.4, 0.5) is 4.79 Å². The van der Waals surface area contributed by atoms with Crippen molar-refractivity contribution in [1.29, 1.82) is 0 Å². The molecule has 32 heavy (non-hydrogen) atoms. The number of aromatic nitrogens is 2. The number of amides is 5. The van der Waals surface area contributed by atoms with Crippen molar-refractivity contribution in [2.75, 3.05) is 12.8 Å². The highest BCUT2D eigenvalue weighted by Gasteiger charge is 2.29. The molecule has 11 heteroatoms. The number of aromatic amines is 1. The Morgan fingerprint density at radius 1 is 1.28 bits per heavy atom. The maximum Gasteiger partial charge on any atom is 0.322 e. The summed E-state index contributed by atoms with van der Waals surface area (Å²) in [6, 6.07) is 5.98. The van der Waals surface area contributed by atoms with E-state index in [-0.39, 0.29) is 18.9 Å². The van der Waals surface area contributed by atoms with E-state index in [1.165, 1.54) is 0 Å². The number of benzene rings is 1. The Kier molecular flexibility index (Phi) is 6.45. The molecule has 0 radical (unpaired) electrons. The van der Waals surface area contributed by atoms with Crippen LogP contribution in [0.15, 0.2) is 24.3 Å². The number of nitrogens with zero attached hydrogens (tertiary/aromatic N) is 2. The molecule has 1 saturated heterocycles. The number of carbonyl (C=O) groups is 4. The number of H-pyrrole nitrogens is 1. The molecule has 3 heterocycles. The van der Waals surface area contributed by atoms with E-state index >= 15 is 0 Å². The average molecular weight is 457 g/mol. The lowest BCUT2D eigenvalue weighted by Gasteiger charge is -2.22. The van der Waals surface area contributed by atoms with Gasteiger partial charge in [-0.3, -0.25) is 24.8 Å². The predicted octanol–water partition coefficient (Wildman–Crippen LogP) is 0.686. The second kappa shape index (κ2) is 9.43. The second-order valence-electron chi connectivity index (χ2n) is 7.81. The molecule has 0 unspecified atom stereocenters. The van der Waals surface area contributed by atoms with Gasteiger partial charge in [0.05, 0.1) is 6.42 Å². The quantitative estimate of drug-likeness (QED) is 0.505. The van der Waals surface area contributed by atoms with Crippen molar-refractivity contribution in [2.24, 2.45) is 0 Å². The third-order valence-electron chi connectivity index (χ3n) is 5.39. The van der Waals surface area contributed by atoms with Gasteiger partial charge < -0.3 is 15.5 Å². The molecule has 4 rings (SSSR count). The summed E-state index contributed by atoms with van der Waals surface area (Å²) in [5.41, 5.74) is 4.29. The van der Waals surface area contributed by atoms with Crippen molar-refractivity contribution < 1.29 is 19.2 Å². The van der Waals surface area contributed by atoms with Crippen LogP contribution in [0.1, 0.15) is 39.3 Å². The lowest BCUT2D eigenvalue weighted by atomic mass is 10.1. The topological polar surface area (TPSA) is 136 Å². The Bertz CT molecular complexity index is 1050. The van der Waals surface area contributed by atoms with Crippen LogP contribution >= 0.6 is 11.8 Å². The first-order chi connectivity index (χ1) is 15.4. The molecule has 5 amide bonds. The van der Waals surface area contributed by atoms with Crippen molar-refractivity contribution in [2.45, 2.75) is 37.7 Å². The Morgan fingerprint density at radius 2 is 2.09 bits per heavy atom. The molecule has 2 aliphatic heterocycles. The number of hydrogen-bond acceptors (Lipinski definition) is 6. The number of carbonyl (C=O) groups excluding carboxylic acids is 4. The zero-order valence-corrected chi connectivity index (χ0v) is 18.4. The van der Waals surface area contributed by atoms with Crippen LogP contribution in [-0.2, 0) is 34.9 Å². The van der Waals surface area contributed by atoms with Gasteiger partial charge in [0.2, 0.25) is 11.8 Å². The summed E-state index contributed by atoms with van der Waals surface area (Å²) in [6.07, 6.45) is 0.740. The predicted molar refractivity (Wildman–Crippen MR) is 118 cm³/mol. The van der Waals surface area contributed by atoms with Crippen LogP contribution in [-0.4, -0.2) is 57.7 Å². The van der Waals surface area contributed by atoms with E-state index in [0.717, 1.165) is 40.3 Å². The molecule has 0 bridgehead atoms. The van der Waals surface area contributed by atoms with Gasteiger partial charge >= 0.3 is 6.03 Å². The van der Waals surface area contributed by atoms with E-state index in [2.05, 4.69) is 26.1 Å². The molecule has 1 fully saturated rings. The summed E-state index contributed by atoms with van der Waals surface area (Å²) in [7, 11) is 1.74. The van der Waals surface area contributed by atoms with E-state index < -0.39 is 23.9 Å². The highest BCUT2D eigenvalue weighted by atomic mass is 32.2. The molecule has 1 atom stereocenters. The Balaban J connectivity index is 1.35. The molecular formula is C21H24N6O4S. The maximum absolute atomic E-state index is 12.9. The summed E-state index contributed by atoms with van der Waals surface area (Å²) >= 11 is 1.82. The minimum Gasteiger partial charge on any atom is -0.350 e. The van der Waals surface area contributed by atoms with Gasteiger partial charge in [0.25, 0.3) is 5.91 Å². The SMILES string of the molecule is CN(Cc1cccc(CNC(=O)[C@@H]2CC(=O)NC(=O)N2)c1)C(=O)c1n[nH]c2c1CCSC2. The molecule has 2 aliphatic rings. The maximum atomic E-state index is 12.9. The normalized spacial score (nSPS) is 17.7. The van der Waals surface area contributed by atoms with Gasteiger partial charge in [0.1, 0.15) is 6.04 Å². The first-order valence-corrected chi connectivity index (χ1v) is 11.4. The number of thioether (sulfide) groups is 1. The van der Waals surface area contributed by atoms with Crippen LogP contribution in [0.2, 0.25) is 0 Å².